The Kier molecular flexibility index (Phi) is 11.8. The van der Waals surface area contributed by atoms with Gasteiger partial charge in [-0.2, -0.15) is 8.42 Å². The van der Waals surface area contributed by atoms with Crippen LogP contribution in [0.5, 0.6) is 11.5 Å². The number of amidine groups is 1. The van der Waals surface area contributed by atoms with Crippen molar-refractivity contribution in [3.63, 3.8) is 0 Å². The van der Waals surface area contributed by atoms with E-state index in [0.29, 0.717) is 23.2 Å². The van der Waals surface area contributed by atoms with Gasteiger partial charge >= 0.3 is 6.09 Å². The zero-order valence-corrected chi connectivity index (χ0v) is 28.3. The summed E-state index contributed by atoms with van der Waals surface area (Å²) < 4.78 is 64.7. The molecule has 2 aliphatic rings. The first-order valence-corrected chi connectivity index (χ1v) is 17.2. The van der Waals surface area contributed by atoms with Crippen molar-refractivity contribution >= 4 is 33.1 Å². The van der Waals surface area contributed by atoms with Crippen molar-refractivity contribution in [3.05, 3.63) is 59.7 Å². The van der Waals surface area contributed by atoms with Crippen LogP contribution >= 0.6 is 11.8 Å². The van der Waals surface area contributed by atoms with Crippen molar-refractivity contribution in [2.75, 3.05) is 33.6 Å². The number of methoxy groups -OCH3 is 2. The molecule has 2 aromatic rings. The van der Waals surface area contributed by atoms with Gasteiger partial charge in [-0.3, -0.25) is 14.1 Å². The molecule has 4 rings (SSSR count). The molecule has 14 heteroatoms. The van der Waals surface area contributed by atoms with Gasteiger partial charge in [0.1, 0.15) is 46.9 Å². The first kappa shape index (κ1) is 35.0. The van der Waals surface area contributed by atoms with E-state index in [4.69, 9.17) is 37.6 Å². The normalized spacial score (nSPS) is 23.2. The minimum atomic E-state index is -3.79. The maximum absolute atomic E-state index is 13.1. The number of aliphatic imine (C=N–C) groups is 1. The van der Waals surface area contributed by atoms with Crippen LogP contribution in [0.4, 0.5) is 4.79 Å². The number of hydrogen-bond donors (Lipinski definition) is 0. The fraction of sp³-hybridized carbons (Fsp3) is 0.548. The molecule has 2 aromatic carbocycles. The molecular formula is C31H42N2O10S2. The van der Waals surface area contributed by atoms with Crippen LogP contribution in [0.3, 0.4) is 0 Å². The van der Waals surface area contributed by atoms with E-state index in [-0.39, 0.29) is 19.8 Å². The van der Waals surface area contributed by atoms with Gasteiger partial charge in [-0.1, -0.05) is 36.0 Å². The molecule has 248 valence electrons. The van der Waals surface area contributed by atoms with Gasteiger partial charge in [-0.25, -0.2) is 4.79 Å². The Labute approximate surface area is 269 Å². The molecule has 0 aliphatic carbocycles. The number of hydrogen-bond acceptors (Lipinski definition) is 12. The van der Waals surface area contributed by atoms with E-state index in [0.717, 1.165) is 17.4 Å². The van der Waals surface area contributed by atoms with E-state index in [1.54, 1.807) is 35.0 Å². The highest BCUT2D eigenvalue weighted by Gasteiger charge is 2.52. The Morgan fingerprint density at radius 1 is 0.933 bits per heavy atom. The van der Waals surface area contributed by atoms with Crippen molar-refractivity contribution < 1.29 is 45.8 Å². The van der Waals surface area contributed by atoms with Gasteiger partial charge in [0.05, 0.1) is 40.3 Å². The topological polar surface area (TPSA) is 131 Å². The maximum Gasteiger partial charge on any atom is 0.416 e. The Morgan fingerprint density at radius 2 is 1.47 bits per heavy atom. The third-order valence-corrected chi connectivity index (χ3v) is 8.63. The van der Waals surface area contributed by atoms with Gasteiger partial charge in [0.2, 0.25) is 0 Å². The van der Waals surface area contributed by atoms with E-state index < -0.39 is 51.6 Å². The van der Waals surface area contributed by atoms with Crippen molar-refractivity contribution in [2.45, 2.75) is 76.3 Å². The molecule has 12 nitrogen and oxygen atoms in total. The van der Waals surface area contributed by atoms with Crippen molar-refractivity contribution in [1.82, 2.24) is 4.90 Å². The van der Waals surface area contributed by atoms with Crippen molar-refractivity contribution in [3.8, 4) is 11.5 Å². The summed E-state index contributed by atoms with van der Waals surface area (Å²) in [6.07, 6.45) is -1.86. The maximum atomic E-state index is 13.1. The van der Waals surface area contributed by atoms with E-state index in [1.807, 2.05) is 55.5 Å². The lowest BCUT2D eigenvalue weighted by molar-refractivity contribution is -0.203. The average Bonchev–Trinajstić information content (AvgIpc) is 3.40. The molecule has 0 N–H and O–H groups in total. The molecule has 2 heterocycles. The Balaban J connectivity index is 1.66. The smallest absolute Gasteiger partial charge is 0.416 e. The quantitative estimate of drug-likeness (QED) is 0.295. The average molecular weight is 667 g/mol. The van der Waals surface area contributed by atoms with E-state index in [1.165, 1.54) is 16.7 Å². The number of thioether (sulfide) groups is 1. The molecule has 0 bridgehead atoms. The summed E-state index contributed by atoms with van der Waals surface area (Å²) in [6.45, 7) is 7.63. The first-order valence-electron chi connectivity index (χ1n) is 14.5. The highest BCUT2D eigenvalue weighted by molar-refractivity contribution is 8.14. The second kappa shape index (κ2) is 15.1. The third kappa shape index (κ3) is 9.80. The van der Waals surface area contributed by atoms with Gasteiger partial charge in [0.15, 0.2) is 5.17 Å². The summed E-state index contributed by atoms with van der Waals surface area (Å²) >= 11 is 1.25. The van der Waals surface area contributed by atoms with Crippen LogP contribution in [0.2, 0.25) is 0 Å². The molecule has 0 saturated carbocycles. The molecule has 45 heavy (non-hydrogen) atoms. The highest BCUT2D eigenvalue weighted by Crippen LogP contribution is 2.40. The van der Waals surface area contributed by atoms with Crippen LogP contribution in [0, 0.1) is 0 Å². The zero-order valence-electron chi connectivity index (χ0n) is 26.6. The highest BCUT2D eigenvalue weighted by atomic mass is 32.2. The molecule has 0 aromatic heterocycles. The number of rotatable bonds is 12. The molecule has 0 unspecified atom stereocenters. The first-order chi connectivity index (χ1) is 21.3. The molecule has 0 spiro atoms. The SMILES string of the molecule is CCN(C(=O)OC(C)(C)C)C1=N[C@@H]2[C@@H](OCc3ccc(OC)cc3)[C@@H](OCc3ccc(OC)cc3)[C@@H](COS(C)(=O)=O)O[C@@H]2S1. The Bertz CT molecular complexity index is 1410. The van der Waals surface area contributed by atoms with Gasteiger partial charge < -0.3 is 28.4 Å². The Hall–Kier alpha value is -2.88. The standard InChI is InChI=1S/C31H42N2O10S2/c1-8-33(30(34)43-31(2,3)4)29-32-25-27(40-18-21-11-15-23(38-6)16-12-21)26(39-17-20-9-13-22(37-5)14-10-20)24(42-28(25)44-29)19-41-45(7,35)36/h9-16,24-28H,8,17-19H2,1-7H3/t24-,25-,26+,27-,28-/m1/s1. The van der Waals surface area contributed by atoms with Crippen LogP contribution in [0.25, 0.3) is 0 Å². The second-order valence-corrected chi connectivity index (χ2v) is 14.2. The van der Waals surface area contributed by atoms with Crippen molar-refractivity contribution in [1.29, 1.82) is 0 Å². The lowest BCUT2D eigenvalue weighted by Crippen LogP contribution is -2.58. The van der Waals surface area contributed by atoms with Gasteiger partial charge in [-0.15, -0.1) is 0 Å². The second-order valence-electron chi connectivity index (χ2n) is 11.5. The zero-order chi connectivity index (χ0) is 32.8. The van der Waals surface area contributed by atoms with Crippen LogP contribution < -0.4 is 9.47 Å². The Morgan fingerprint density at radius 3 is 1.93 bits per heavy atom. The van der Waals surface area contributed by atoms with Crippen LogP contribution in [0.1, 0.15) is 38.8 Å². The lowest BCUT2D eigenvalue weighted by Gasteiger charge is -2.42. The van der Waals surface area contributed by atoms with Crippen LogP contribution in [-0.4, -0.2) is 93.6 Å². The lowest BCUT2D eigenvalue weighted by atomic mass is 9.97. The summed E-state index contributed by atoms with van der Waals surface area (Å²) in [6, 6.07) is 14.3. The number of fused-ring (bicyclic) bond motifs is 1. The summed E-state index contributed by atoms with van der Waals surface area (Å²) in [4.78, 5) is 19.4. The fourth-order valence-electron chi connectivity index (χ4n) is 4.73. The minimum absolute atomic E-state index is 0.176. The molecule has 1 fully saturated rings. The van der Waals surface area contributed by atoms with Crippen LogP contribution in [0.15, 0.2) is 53.5 Å². The third-order valence-electron chi connectivity index (χ3n) is 6.91. The molecule has 0 radical (unpaired) electrons. The largest absolute Gasteiger partial charge is 0.497 e. The molecule has 2 aliphatic heterocycles. The van der Waals surface area contributed by atoms with E-state index >= 15 is 0 Å². The molecule has 1 saturated heterocycles. The summed E-state index contributed by atoms with van der Waals surface area (Å²) in [5.74, 6) is 1.42. The molecule has 5 atom stereocenters. The predicted octanol–water partition coefficient (Wildman–Crippen LogP) is 4.60. The number of amides is 1. The predicted molar refractivity (Wildman–Crippen MR) is 170 cm³/mol. The minimum Gasteiger partial charge on any atom is -0.497 e. The molecule has 1 amide bonds. The van der Waals surface area contributed by atoms with Gasteiger partial charge in [0, 0.05) is 6.54 Å². The number of carbonyl (C=O) groups is 1. The van der Waals surface area contributed by atoms with E-state index in [2.05, 4.69) is 0 Å². The molecular weight excluding hydrogens is 624 g/mol. The van der Waals surface area contributed by atoms with Crippen LogP contribution in [-0.2, 0) is 46.5 Å². The summed E-state index contributed by atoms with van der Waals surface area (Å²) in [5.41, 5.74) is 0.444. The number of ether oxygens (including phenoxy) is 6. The summed E-state index contributed by atoms with van der Waals surface area (Å²) in [7, 11) is -0.596. The van der Waals surface area contributed by atoms with Gasteiger partial charge in [0.25, 0.3) is 10.1 Å². The van der Waals surface area contributed by atoms with Gasteiger partial charge in [-0.05, 0) is 63.1 Å². The summed E-state index contributed by atoms with van der Waals surface area (Å²) in [5, 5.41) is 0.415. The van der Waals surface area contributed by atoms with Crippen molar-refractivity contribution in [2.24, 2.45) is 4.99 Å². The monoisotopic (exact) mass is 666 g/mol. The number of benzene rings is 2. The number of nitrogens with zero attached hydrogens (tertiary/aromatic N) is 2. The number of carbonyl (C=O) groups excluding carboxylic acids is 1. The fourth-order valence-corrected chi connectivity index (χ4v) is 6.38. The van der Waals surface area contributed by atoms with E-state index in [9.17, 15) is 13.2 Å².